The summed E-state index contributed by atoms with van der Waals surface area (Å²) in [6.45, 7) is 9.85. The molecule has 2 rings (SSSR count). The molecule has 0 aromatic rings. The highest BCUT2D eigenvalue weighted by Gasteiger charge is 2.57. The highest BCUT2D eigenvalue weighted by Crippen LogP contribution is 2.35. The maximum absolute atomic E-state index is 12.3. The lowest BCUT2D eigenvalue weighted by molar-refractivity contribution is -0.360. The quantitative estimate of drug-likeness (QED) is 0.132. The number of hydrogen-bond acceptors (Lipinski definition) is 18. The van der Waals surface area contributed by atoms with E-state index in [1.165, 1.54) is 6.08 Å². The highest BCUT2D eigenvalue weighted by molar-refractivity contribution is 5.69. The Morgan fingerprint density at radius 2 is 0.872 bits per heavy atom. The van der Waals surface area contributed by atoms with Crippen molar-refractivity contribution in [3.63, 3.8) is 0 Å². The summed E-state index contributed by atoms with van der Waals surface area (Å²) >= 11 is 0. The summed E-state index contributed by atoms with van der Waals surface area (Å²) in [6.07, 6.45) is -13.9. The first-order valence-electron chi connectivity index (χ1n) is 14.4. The Morgan fingerprint density at radius 1 is 0.511 bits per heavy atom. The van der Waals surface area contributed by atoms with Crippen LogP contribution in [0.5, 0.6) is 0 Å². The van der Waals surface area contributed by atoms with Crippen LogP contribution in [0.1, 0.15) is 48.5 Å². The van der Waals surface area contributed by atoms with E-state index in [0.29, 0.717) is 0 Å². The molecule has 264 valence electrons. The van der Waals surface area contributed by atoms with Crippen molar-refractivity contribution in [3.8, 4) is 0 Å². The molecule has 4 unspecified atom stereocenters. The summed E-state index contributed by atoms with van der Waals surface area (Å²) in [4.78, 5) is 84.6. The van der Waals surface area contributed by atoms with Gasteiger partial charge in [0, 0.05) is 48.5 Å². The van der Waals surface area contributed by atoms with E-state index >= 15 is 0 Å². The molecule has 0 spiro atoms. The SMILES string of the molecule is C=CCO[C@@H]1OC(COC(C)=O)[C@@H](O[C@H]2OC(COC(C)=O)[C@@H](OC(C)=O)[C@H](OC(C)=O)C2OC(C)=O)[C@H](OC(C)=O)C1OC(C)=O. The molecule has 2 saturated heterocycles. The van der Waals surface area contributed by atoms with Crippen LogP contribution in [-0.4, -0.2) is 123 Å². The number of esters is 7. The molecule has 0 aromatic carbocycles. The van der Waals surface area contributed by atoms with Crippen molar-refractivity contribution in [1.82, 2.24) is 0 Å². The minimum absolute atomic E-state index is 0.110. The molecule has 0 N–H and O–H groups in total. The molecule has 47 heavy (non-hydrogen) atoms. The number of ether oxygens (including phenoxy) is 11. The second-order valence-electron chi connectivity index (χ2n) is 10.3. The van der Waals surface area contributed by atoms with Crippen LogP contribution < -0.4 is 0 Å². The fourth-order valence-corrected chi connectivity index (χ4v) is 4.77. The van der Waals surface area contributed by atoms with Crippen LogP contribution in [0.15, 0.2) is 12.7 Å². The third kappa shape index (κ3) is 12.2. The van der Waals surface area contributed by atoms with Crippen molar-refractivity contribution in [1.29, 1.82) is 0 Å². The van der Waals surface area contributed by atoms with Crippen molar-refractivity contribution in [2.75, 3.05) is 19.8 Å². The zero-order chi connectivity index (χ0) is 35.4. The van der Waals surface area contributed by atoms with E-state index in [0.717, 1.165) is 48.5 Å². The van der Waals surface area contributed by atoms with Crippen LogP contribution in [-0.2, 0) is 85.7 Å². The fourth-order valence-electron chi connectivity index (χ4n) is 4.77. The summed E-state index contributed by atoms with van der Waals surface area (Å²) in [7, 11) is 0. The average Bonchev–Trinajstić information content (AvgIpc) is 2.94. The topological polar surface area (TPSA) is 221 Å². The highest BCUT2D eigenvalue weighted by atomic mass is 16.8. The molecular formula is C29H40O18. The first-order valence-corrected chi connectivity index (χ1v) is 14.4. The average molecular weight is 677 g/mol. The minimum Gasteiger partial charge on any atom is -0.463 e. The lowest BCUT2D eigenvalue weighted by Crippen LogP contribution is -2.67. The van der Waals surface area contributed by atoms with Gasteiger partial charge < -0.3 is 52.1 Å². The standard InChI is InChI=1S/C29H40O18/c1-9-10-37-28-26(43-18(7)35)25(42-17(6)34)23(21(45-28)12-39-14(3)31)47-29-27(44-19(8)36)24(41-16(5)33)22(40-15(4)32)20(46-29)11-38-13(2)30/h9,20-29H,1,10-12H2,2-8H3/t20?,21?,22-,23-,24+,25+,26?,27?,28-,29-/m1/s1. The van der Waals surface area contributed by atoms with E-state index < -0.39 is 116 Å². The van der Waals surface area contributed by atoms with Crippen LogP contribution in [0, 0.1) is 0 Å². The predicted molar refractivity (Wildman–Crippen MR) is 149 cm³/mol. The molecule has 0 aromatic heterocycles. The molecule has 0 aliphatic carbocycles. The summed E-state index contributed by atoms with van der Waals surface area (Å²) in [5.41, 5.74) is 0. The second-order valence-corrected chi connectivity index (χ2v) is 10.3. The molecular weight excluding hydrogens is 636 g/mol. The Bertz CT molecular complexity index is 1170. The normalized spacial score (nSPS) is 30.1. The van der Waals surface area contributed by atoms with Gasteiger partial charge in [0.05, 0.1) is 6.61 Å². The summed E-state index contributed by atoms with van der Waals surface area (Å²) in [6, 6.07) is 0. The number of rotatable bonds is 14. The Morgan fingerprint density at radius 3 is 1.30 bits per heavy atom. The summed E-state index contributed by atoms with van der Waals surface area (Å²) in [5, 5.41) is 0. The van der Waals surface area contributed by atoms with Gasteiger partial charge in [-0.15, -0.1) is 6.58 Å². The second kappa shape index (κ2) is 18.3. The largest absolute Gasteiger partial charge is 0.463 e. The first kappa shape index (κ1) is 39.1. The van der Waals surface area contributed by atoms with Gasteiger partial charge in [-0.3, -0.25) is 33.6 Å². The molecule has 2 aliphatic rings. The predicted octanol–water partition coefficient (Wildman–Crippen LogP) is -0.191. The van der Waals surface area contributed by atoms with E-state index in [4.69, 9.17) is 52.1 Å². The van der Waals surface area contributed by atoms with Gasteiger partial charge in [0.25, 0.3) is 0 Å². The number of hydrogen-bond donors (Lipinski definition) is 0. The van der Waals surface area contributed by atoms with Crippen LogP contribution in [0.25, 0.3) is 0 Å². The van der Waals surface area contributed by atoms with Crippen molar-refractivity contribution >= 4 is 41.8 Å². The number of carbonyl (C=O) groups is 7. The van der Waals surface area contributed by atoms with E-state index in [1.54, 1.807) is 0 Å². The van der Waals surface area contributed by atoms with Gasteiger partial charge in [0.15, 0.2) is 43.1 Å². The van der Waals surface area contributed by atoms with Crippen LogP contribution in [0.3, 0.4) is 0 Å². The van der Waals surface area contributed by atoms with Gasteiger partial charge in [-0.1, -0.05) is 6.08 Å². The summed E-state index contributed by atoms with van der Waals surface area (Å²) in [5.74, 6) is -5.81. The smallest absolute Gasteiger partial charge is 0.303 e. The zero-order valence-electron chi connectivity index (χ0n) is 27.0. The third-order valence-corrected chi connectivity index (χ3v) is 6.26. The fraction of sp³-hybridized carbons (Fsp3) is 0.690. The maximum atomic E-state index is 12.3. The van der Waals surface area contributed by atoms with Gasteiger partial charge in [-0.2, -0.15) is 0 Å². The monoisotopic (exact) mass is 676 g/mol. The number of carbonyl (C=O) groups excluding carboxylic acids is 7. The zero-order valence-corrected chi connectivity index (χ0v) is 27.0. The van der Waals surface area contributed by atoms with Gasteiger partial charge in [-0.25, -0.2) is 0 Å². The van der Waals surface area contributed by atoms with E-state index in [9.17, 15) is 33.6 Å². The minimum atomic E-state index is -1.77. The van der Waals surface area contributed by atoms with Crippen molar-refractivity contribution in [3.05, 3.63) is 12.7 Å². The molecule has 18 heteroatoms. The van der Waals surface area contributed by atoms with Gasteiger partial charge in [0.1, 0.15) is 31.5 Å². The Hall–Kier alpha value is -4.13. The summed E-state index contributed by atoms with van der Waals surface area (Å²) < 4.78 is 61.3. The van der Waals surface area contributed by atoms with Crippen molar-refractivity contribution in [2.24, 2.45) is 0 Å². The lowest BCUT2D eigenvalue weighted by Gasteiger charge is -2.48. The first-order chi connectivity index (χ1) is 22.0. The molecule has 2 aliphatic heterocycles. The Labute approximate surface area is 270 Å². The Kier molecular flexibility index (Phi) is 15.2. The van der Waals surface area contributed by atoms with Crippen LogP contribution in [0.4, 0.5) is 0 Å². The molecule has 0 bridgehead atoms. The molecule has 2 fully saturated rings. The van der Waals surface area contributed by atoms with Crippen molar-refractivity contribution < 1.29 is 85.7 Å². The third-order valence-electron chi connectivity index (χ3n) is 6.26. The van der Waals surface area contributed by atoms with Gasteiger partial charge in [0.2, 0.25) is 0 Å². The molecule has 2 heterocycles. The van der Waals surface area contributed by atoms with E-state index in [-0.39, 0.29) is 6.61 Å². The Balaban J connectivity index is 2.72. The molecule has 10 atom stereocenters. The van der Waals surface area contributed by atoms with Crippen molar-refractivity contribution in [2.45, 2.75) is 110 Å². The maximum Gasteiger partial charge on any atom is 0.303 e. The molecule has 0 saturated carbocycles. The molecule has 0 amide bonds. The van der Waals surface area contributed by atoms with Crippen LogP contribution in [0.2, 0.25) is 0 Å². The van der Waals surface area contributed by atoms with Crippen LogP contribution >= 0.6 is 0 Å². The molecule has 0 radical (unpaired) electrons. The van der Waals surface area contributed by atoms with Gasteiger partial charge >= 0.3 is 41.8 Å². The van der Waals surface area contributed by atoms with E-state index in [2.05, 4.69) is 6.58 Å². The lowest BCUT2D eigenvalue weighted by atomic mass is 9.96. The van der Waals surface area contributed by atoms with E-state index in [1.807, 2.05) is 0 Å². The van der Waals surface area contributed by atoms with Gasteiger partial charge in [-0.05, 0) is 0 Å². The molecule has 18 nitrogen and oxygen atoms in total.